The molecule has 0 saturated carbocycles. The first-order valence-corrected chi connectivity index (χ1v) is 15.8. The fourth-order valence-electron chi connectivity index (χ4n) is 4.58. The zero-order valence-corrected chi connectivity index (χ0v) is 27.0. The first-order chi connectivity index (χ1) is 23.2. The molecule has 5 aromatic carbocycles. The number of nitrogens with one attached hydrogen (secondary N) is 3. The number of rotatable bonds is 11. The highest BCUT2D eigenvalue weighted by Crippen LogP contribution is 2.37. The van der Waals surface area contributed by atoms with Crippen molar-refractivity contribution in [3.63, 3.8) is 0 Å². The second-order valence-electron chi connectivity index (χ2n) is 10.3. The molecule has 3 amide bonds. The Bertz CT molecular complexity index is 1980. The molecule has 8 nitrogen and oxygen atoms in total. The molecule has 1 unspecified atom stereocenters. The van der Waals surface area contributed by atoms with Gasteiger partial charge in [0.1, 0.15) is 28.3 Å². The summed E-state index contributed by atoms with van der Waals surface area (Å²) < 4.78 is 19.1. The van der Waals surface area contributed by atoms with Crippen LogP contribution in [0.25, 0.3) is 6.08 Å². The second-order valence-corrected chi connectivity index (χ2v) is 11.9. The topological polar surface area (TPSA) is 117 Å². The molecular weight excluding hydrogens is 653 g/mol. The van der Waals surface area contributed by atoms with Crippen molar-refractivity contribution >= 4 is 58.5 Å². The molecular formula is C37H29ClFN3O5S. The molecule has 0 aliphatic rings. The fraction of sp³-hybridized carbons (Fsp3) is 0.0541. The Balaban J connectivity index is 1.40. The third kappa shape index (κ3) is 8.81. The molecule has 5 rings (SSSR count). The number of carbonyl (C=O) groups excluding carboxylic acids is 3. The highest BCUT2D eigenvalue weighted by Gasteiger charge is 2.23. The number of ether oxygens (including phenoxy) is 1. The van der Waals surface area contributed by atoms with E-state index in [4.69, 9.17) is 16.3 Å². The van der Waals surface area contributed by atoms with Gasteiger partial charge in [0, 0.05) is 33.5 Å². The number of phenols is 1. The highest BCUT2D eigenvalue weighted by atomic mass is 35.5. The van der Waals surface area contributed by atoms with E-state index < -0.39 is 22.9 Å². The van der Waals surface area contributed by atoms with E-state index in [1.54, 1.807) is 60.7 Å². The largest absolute Gasteiger partial charge is 0.508 e. The number of thioether (sulfide) groups is 1. The van der Waals surface area contributed by atoms with Crippen LogP contribution in [0.15, 0.2) is 132 Å². The van der Waals surface area contributed by atoms with Gasteiger partial charge in [0.2, 0.25) is 5.91 Å². The molecule has 0 aromatic heterocycles. The number of carbonyl (C=O) groups is 3. The van der Waals surface area contributed by atoms with Crippen molar-refractivity contribution < 1.29 is 28.6 Å². The van der Waals surface area contributed by atoms with E-state index in [2.05, 4.69) is 16.0 Å². The predicted octanol–water partition coefficient (Wildman–Crippen LogP) is 8.08. The fourth-order valence-corrected chi connectivity index (χ4v) is 5.85. The van der Waals surface area contributed by atoms with Gasteiger partial charge in [0.15, 0.2) is 0 Å². The van der Waals surface area contributed by atoms with Crippen molar-refractivity contribution in [2.75, 3.05) is 17.7 Å². The van der Waals surface area contributed by atoms with Gasteiger partial charge in [-0.1, -0.05) is 66.2 Å². The molecule has 1 atom stereocenters. The summed E-state index contributed by atoms with van der Waals surface area (Å²) in [5.74, 6) is -1.81. The molecule has 48 heavy (non-hydrogen) atoms. The van der Waals surface area contributed by atoms with Crippen LogP contribution in [-0.4, -0.2) is 29.9 Å². The van der Waals surface area contributed by atoms with E-state index in [1.165, 1.54) is 55.3 Å². The molecule has 0 heterocycles. The molecule has 4 N–H and O–H groups in total. The predicted molar refractivity (Wildman–Crippen MR) is 187 cm³/mol. The Morgan fingerprint density at radius 1 is 0.833 bits per heavy atom. The van der Waals surface area contributed by atoms with Crippen LogP contribution in [0.4, 0.5) is 15.8 Å². The van der Waals surface area contributed by atoms with Gasteiger partial charge < -0.3 is 25.8 Å². The minimum absolute atomic E-state index is 0.0263. The minimum Gasteiger partial charge on any atom is -0.508 e. The number of halogens is 2. The lowest BCUT2D eigenvalue weighted by atomic mass is 10.1. The smallest absolute Gasteiger partial charge is 0.272 e. The number of aromatic hydroxyl groups is 1. The Kier molecular flexibility index (Phi) is 11.1. The van der Waals surface area contributed by atoms with Crippen molar-refractivity contribution in [1.29, 1.82) is 0 Å². The number of phenolic OH excluding ortho intramolecular Hbond substituents is 1. The summed E-state index contributed by atoms with van der Waals surface area (Å²) in [6.07, 6.45) is 1.45. The van der Waals surface area contributed by atoms with Crippen molar-refractivity contribution in [3.8, 4) is 11.5 Å². The maximum atomic E-state index is 13.7. The zero-order valence-electron chi connectivity index (χ0n) is 25.4. The number of benzene rings is 5. The maximum absolute atomic E-state index is 13.7. The number of anilines is 2. The summed E-state index contributed by atoms with van der Waals surface area (Å²) >= 11 is 7.17. The van der Waals surface area contributed by atoms with Crippen molar-refractivity contribution in [2.24, 2.45) is 0 Å². The SMILES string of the molecule is COc1cc(O)ccc1/C=C(/NC(=O)c1ccccc1)C(=O)Nc1cccc(SC(C(=O)Nc2ccc(F)c(Cl)c2)c2ccccc2)c1. The van der Waals surface area contributed by atoms with E-state index in [9.17, 15) is 23.9 Å². The van der Waals surface area contributed by atoms with Crippen molar-refractivity contribution in [2.45, 2.75) is 10.1 Å². The minimum atomic E-state index is -0.719. The second kappa shape index (κ2) is 15.8. The van der Waals surface area contributed by atoms with Gasteiger partial charge in [0.05, 0.1) is 12.1 Å². The molecule has 0 saturated heterocycles. The summed E-state index contributed by atoms with van der Waals surface area (Å²) in [5.41, 5.74) is 2.18. The Hall–Kier alpha value is -5.58. The van der Waals surface area contributed by atoms with Crippen LogP contribution in [-0.2, 0) is 9.59 Å². The van der Waals surface area contributed by atoms with Gasteiger partial charge >= 0.3 is 0 Å². The number of hydrogen-bond donors (Lipinski definition) is 4. The zero-order chi connectivity index (χ0) is 34.0. The normalized spacial score (nSPS) is 11.7. The van der Waals surface area contributed by atoms with Crippen molar-refractivity contribution in [1.82, 2.24) is 5.32 Å². The number of amides is 3. The van der Waals surface area contributed by atoms with Gasteiger partial charge in [-0.3, -0.25) is 14.4 Å². The Morgan fingerprint density at radius 3 is 2.25 bits per heavy atom. The molecule has 0 radical (unpaired) electrons. The first-order valence-electron chi connectivity index (χ1n) is 14.5. The Labute approximate surface area is 285 Å². The molecule has 5 aromatic rings. The first kappa shape index (κ1) is 33.8. The number of hydrogen-bond acceptors (Lipinski definition) is 6. The van der Waals surface area contributed by atoms with Crippen LogP contribution in [0, 0.1) is 5.82 Å². The van der Waals surface area contributed by atoms with E-state index in [-0.39, 0.29) is 22.4 Å². The summed E-state index contributed by atoms with van der Waals surface area (Å²) in [4.78, 5) is 40.9. The van der Waals surface area contributed by atoms with E-state index in [0.717, 1.165) is 5.56 Å². The Morgan fingerprint density at radius 2 is 1.54 bits per heavy atom. The van der Waals surface area contributed by atoms with Gasteiger partial charge in [0.25, 0.3) is 11.8 Å². The number of methoxy groups -OCH3 is 1. The molecule has 0 bridgehead atoms. The third-order valence-corrected chi connectivity index (χ3v) is 8.46. The quantitative estimate of drug-likeness (QED) is 0.0828. The van der Waals surface area contributed by atoms with Crippen LogP contribution in [0.3, 0.4) is 0 Å². The molecule has 0 spiro atoms. The van der Waals surface area contributed by atoms with Crippen LogP contribution in [0.5, 0.6) is 11.5 Å². The van der Waals surface area contributed by atoms with E-state index in [1.807, 2.05) is 30.3 Å². The summed E-state index contributed by atoms with van der Waals surface area (Å²) in [6, 6.07) is 32.8. The molecule has 242 valence electrons. The monoisotopic (exact) mass is 681 g/mol. The summed E-state index contributed by atoms with van der Waals surface area (Å²) in [7, 11) is 1.43. The average Bonchev–Trinajstić information content (AvgIpc) is 3.10. The average molecular weight is 682 g/mol. The van der Waals surface area contributed by atoms with E-state index in [0.29, 0.717) is 33.1 Å². The standard InChI is InChI=1S/C37H29ClFN3O5S/c1-47-33-22-28(43)17-15-25(33)19-32(42-35(44)24-11-6-3-7-12-24)36(45)40-26-13-8-14-29(20-26)48-34(23-9-4-2-5-10-23)37(46)41-27-16-18-31(39)30(38)21-27/h2-22,34,43H,1H3,(H,40,45)(H,41,46)(H,42,44)/b32-19+. The summed E-state index contributed by atoms with van der Waals surface area (Å²) in [5, 5.41) is 17.4. The summed E-state index contributed by atoms with van der Waals surface area (Å²) in [6.45, 7) is 0. The van der Waals surface area contributed by atoms with E-state index >= 15 is 0 Å². The van der Waals surface area contributed by atoms with Gasteiger partial charge in [-0.2, -0.15) is 0 Å². The van der Waals surface area contributed by atoms with Crippen LogP contribution in [0.1, 0.15) is 26.7 Å². The lowest BCUT2D eigenvalue weighted by Gasteiger charge is -2.18. The molecule has 0 aliphatic carbocycles. The highest BCUT2D eigenvalue weighted by molar-refractivity contribution is 8.00. The van der Waals surface area contributed by atoms with Gasteiger partial charge in [-0.15, -0.1) is 11.8 Å². The lowest BCUT2D eigenvalue weighted by Crippen LogP contribution is -2.30. The molecule has 0 fully saturated rings. The van der Waals surface area contributed by atoms with Crippen LogP contribution in [0.2, 0.25) is 5.02 Å². The van der Waals surface area contributed by atoms with Gasteiger partial charge in [-0.05, 0) is 72.3 Å². The molecule has 0 aliphatic heterocycles. The maximum Gasteiger partial charge on any atom is 0.272 e. The molecule has 11 heteroatoms. The van der Waals surface area contributed by atoms with Gasteiger partial charge in [-0.25, -0.2) is 4.39 Å². The van der Waals surface area contributed by atoms with Crippen molar-refractivity contribution in [3.05, 3.63) is 155 Å². The lowest BCUT2D eigenvalue weighted by molar-refractivity contribution is -0.116. The van der Waals surface area contributed by atoms with Crippen LogP contribution < -0.4 is 20.7 Å². The third-order valence-electron chi connectivity index (χ3n) is 6.92. The van der Waals surface area contributed by atoms with Crippen LogP contribution >= 0.6 is 23.4 Å².